The standard InChI is InChI=1S/2C17H14.C16H16.3C13H12/c1-13-9-11-15(12-10-13)17-8-4-6-14-5-2-3-7-16(14)17;1-13-6-8-15(9-7-13)17-11-10-14-4-2-3-5-16(14)12-17;1-11-8-9-13-12-6-4-5-7-14(12)16(2,3)15(13)10-11;1-11-7-5-6-10-13(11)12-8-3-2-4-9-12;1-11-6-5-9-13(10-11)12-7-3-2-4-8-12;1-11-7-9-13(10-8-11)12-5-3-2-4-6-12/h2*2-12H,1H3;4-10H,1-3H3;3*2-10H,1H3. The summed E-state index contributed by atoms with van der Waals surface area (Å²) < 4.78 is 0. The summed E-state index contributed by atoms with van der Waals surface area (Å²) in [6, 6.07) is 120. The van der Waals surface area contributed by atoms with Gasteiger partial charge in [0.05, 0.1) is 0 Å². The minimum Gasteiger partial charge on any atom is -0.0622 e. The van der Waals surface area contributed by atoms with Gasteiger partial charge in [0.25, 0.3) is 0 Å². The molecular weight excluding hydrogens is 1070 g/mol. The summed E-state index contributed by atoms with van der Waals surface area (Å²) in [5, 5.41) is 5.21. The lowest BCUT2D eigenvalue weighted by atomic mass is 9.82. The van der Waals surface area contributed by atoms with Gasteiger partial charge < -0.3 is 0 Å². The first kappa shape index (κ1) is 61.7. The molecule has 14 aromatic carbocycles. The zero-order valence-corrected chi connectivity index (χ0v) is 52.8. The molecule has 0 saturated carbocycles. The van der Waals surface area contributed by atoms with Crippen LogP contribution < -0.4 is 0 Å². The van der Waals surface area contributed by atoms with Gasteiger partial charge in [-0.15, -0.1) is 0 Å². The van der Waals surface area contributed by atoms with Crippen molar-refractivity contribution in [3.8, 4) is 66.8 Å². The zero-order chi connectivity index (χ0) is 62.0. The van der Waals surface area contributed by atoms with Gasteiger partial charge in [-0.3, -0.25) is 0 Å². The van der Waals surface area contributed by atoms with E-state index in [0.717, 1.165) is 0 Å². The van der Waals surface area contributed by atoms with E-state index in [1.807, 2.05) is 18.2 Å². The van der Waals surface area contributed by atoms with Crippen molar-refractivity contribution in [1.82, 2.24) is 0 Å². The van der Waals surface area contributed by atoms with E-state index in [-0.39, 0.29) is 5.41 Å². The molecule has 0 N–H and O–H groups in total. The van der Waals surface area contributed by atoms with Crippen LogP contribution in [0.1, 0.15) is 58.4 Å². The molecule has 0 radical (unpaired) electrons. The highest BCUT2D eigenvalue weighted by atomic mass is 14.4. The summed E-state index contributed by atoms with van der Waals surface area (Å²) in [6.07, 6.45) is 0. The van der Waals surface area contributed by atoms with E-state index >= 15 is 0 Å². The fourth-order valence-corrected chi connectivity index (χ4v) is 11.5. The highest BCUT2D eigenvalue weighted by molar-refractivity contribution is 5.96. The molecule has 0 unspecified atom stereocenters. The maximum atomic E-state index is 2.33. The van der Waals surface area contributed by atoms with Crippen molar-refractivity contribution in [2.45, 2.75) is 60.8 Å². The van der Waals surface area contributed by atoms with Crippen LogP contribution in [0.2, 0.25) is 0 Å². The third-order valence-corrected chi connectivity index (χ3v) is 16.5. The zero-order valence-electron chi connectivity index (χ0n) is 52.8. The first-order valence-electron chi connectivity index (χ1n) is 31.0. The lowest BCUT2D eigenvalue weighted by Crippen LogP contribution is -2.14. The molecule has 0 heterocycles. The van der Waals surface area contributed by atoms with Gasteiger partial charge in [-0.1, -0.05) is 375 Å². The van der Waals surface area contributed by atoms with E-state index < -0.39 is 0 Å². The van der Waals surface area contributed by atoms with E-state index in [1.54, 1.807) is 0 Å². The molecule has 14 aromatic rings. The Labute approximate surface area is 530 Å². The van der Waals surface area contributed by atoms with Crippen molar-refractivity contribution in [1.29, 1.82) is 0 Å². The Bertz CT molecular complexity index is 4500. The van der Waals surface area contributed by atoms with Gasteiger partial charge in [-0.2, -0.15) is 0 Å². The Balaban J connectivity index is 0.000000118. The summed E-state index contributed by atoms with van der Waals surface area (Å²) in [5.41, 5.74) is 26.7. The fraction of sp³-hybridized carbons (Fsp3) is 0.101. The maximum absolute atomic E-state index is 2.33. The normalized spacial score (nSPS) is 11.2. The van der Waals surface area contributed by atoms with Gasteiger partial charge in [0.1, 0.15) is 0 Å². The second kappa shape index (κ2) is 29.8. The van der Waals surface area contributed by atoms with Crippen molar-refractivity contribution in [2.75, 3.05) is 0 Å². The van der Waals surface area contributed by atoms with E-state index in [9.17, 15) is 0 Å². The van der Waals surface area contributed by atoms with Gasteiger partial charge in [0.2, 0.25) is 0 Å². The van der Waals surface area contributed by atoms with Crippen LogP contribution in [0.5, 0.6) is 0 Å². The fourth-order valence-electron chi connectivity index (χ4n) is 11.5. The molecule has 0 amide bonds. The van der Waals surface area contributed by atoms with Crippen LogP contribution >= 0.6 is 0 Å². The predicted octanol–water partition coefficient (Wildman–Crippen LogP) is 24.9. The average molecular weight is 1150 g/mol. The Hall–Kier alpha value is -10.4. The van der Waals surface area contributed by atoms with Gasteiger partial charge in [0.15, 0.2) is 0 Å². The maximum Gasteiger partial charge on any atom is 0.0158 e. The Morgan fingerprint density at radius 3 is 1.17 bits per heavy atom. The first-order chi connectivity index (χ1) is 43.4. The van der Waals surface area contributed by atoms with Crippen LogP contribution in [0.4, 0.5) is 0 Å². The molecule has 436 valence electrons. The number of aryl methyl sites for hydroxylation is 6. The molecule has 0 saturated heterocycles. The first-order valence-corrected chi connectivity index (χ1v) is 31.0. The molecule has 1 aliphatic rings. The van der Waals surface area contributed by atoms with Crippen LogP contribution in [-0.4, -0.2) is 0 Å². The summed E-state index contributed by atoms with van der Waals surface area (Å²) in [5.74, 6) is 0. The second-order valence-electron chi connectivity index (χ2n) is 23.7. The third-order valence-electron chi connectivity index (χ3n) is 16.5. The summed E-state index contributed by atoms with van der Waals surface area (Å²) in [7, 11) is 0. The summed E-state index contributed by atoms with van der Waals surface area (Å²) >= 11 is 0. The topological polar surface area (TPSA) is 0 Å². The largest absolute Gasteiger partial charge is 0.0622 e. The second-order valence-corrected chi connectivity index (χ2v) is 23.7. The SMILES string of the molecule is Cc1ccc(-c2ccc3ccccc3c2)cc1.Cc1ccc(-c2cccc3ccccc23)cc1.Cc1ccc(-c2ccccc2)cc1.Cc1ccc2c(c1)C(C)(C)c1ccccc1-2.Cc1cccc(-c2ccccc2)c1.Cc1ccccc1-c1ccccc1. The molecule has 15 rings (SSSR count). The minimum absolute atomic E-state index is 0.151. The molecule has 1 aliphatic carbocycles. The van der Waals surface area contributed by atoms with Gasteiger partial charge >= 0.3 is 0 Å². The van der Waals surface area contributed by atoms with Gasteiger partial charge in [0, 0.05) is 5.41 Å². The molecule has 0 heteroatoms. The number of hydrogen-bond donors (Lipinski definition) is 0. The van der Waals surface area contributed by atoms with Crippen LogP contribution in [0.25, 0.3) is 88.3 Å². The lowest BCUT2D eigenvalue weighted by molar-refractivity contribution is 0.660. The molecule has 0 atom stereocenters. The van der Waals surface area contributed by atoms with Crippen LogP contribution in [0, 0.1) is 41.5 Å². The van der Waals surface area contributed by atoms with E-state index in [1.165, 1.54) is 133 Å². The molecule has 0 bridgehead atoms. The average Bonchev–Trinajstić information content (AvgIpc) is 1.69. The summed E-state index contributed by atoms with van der Waals surface area (Å²) in [6.45, 7) is 17.4. The van der Waals surface area contributed by atoms with Crippen LogP contribution in [0.15, 0.2) is 340 Å². The Kier molecular flexibility index (Phi) is 20.7. The minimum atomic E-state index is 0.151. The van der Waals surface area contributed by atoms with Crippen molar-refractivity contribution in [2.24, 2.45) is 0 Å². The van der Waals surface area contributed by atoms with Crippen LogP contribution in [-0.2, 0) is 5.41 Å². The molecule has 89 heavy (non-hydrogen) atoms. The Morgan fingerprint density at radius 1 is 0.191 bits per heavy atom. The smallest absolute Gasteiger partial charge is 0.0158 e. The monoisotopic (exact) mass is 1150 g/mol. The molecule has 0 aliphatic heterocycles. The number of rotatable bonds is 5. The number of fused-ring (bicyclic) bond motifs is 5. The van der Waals surface area contributed by atoms with E-state index in [2.05, 4.69) is 377 Å². The molecule has 0 nitrogen and oxygen atoms in total. The van der Waals surface area contributed by atoms with Gasteiger partial charge in [-0.05, 0) is 153 Å². The highest BCUT2D eigenvalue weighted by Crippen LogP contribution is 2.48. The van der Waals surface area contributed by atoms with Crippen molar-refractivity contribution in [3.05, 3.63) is 384 Å². The third kappa shape index (κ3) is 16.2. The van der Waals surface area contributed by atoms with Crippen molar-refractivity contribution in [3.63, 3.8) is 0 Å². The summed E-state index contributed by atoms with van der Waals surface area (Å²) in [4.78, 5) is 0. The molecular formula is C89H80. The number of hydrogen-bond acceptors (Lipinski definition) is 0. The highest BCUT2D eigenvalue weighted by Gasteiger charge is 2.34. The van der Waals surface area contributed by atoms with Crippen molar-refractivity contribution >= 4 is 21.5 Å². The molecule has 0 aromatic heterocycles. The van der Waals surface area contributed by atoms with Gasteiger partial charge in [-0.25, -0.2) is 0 Å². The predicted molar refractivity (Wildman–Crippen MR) is 387 cm³/mol. The van der Waals surface area contributed by atoms with E-state index in [0.29, 0.717) is 0 Å². The quantitative estimate of drug-likeness (QED) is 0.161. The lowest BCUT2D eigenvalue weighted by Gasteiger charge is -2.21. The van der Waals surface area contributed by atoms with E-state index in [4.69, 9.17) is 0 Å². The van der Waals surface area contributed by atoms with Crippen molar-refractivity contribution < 1.29 is 0 Å². The van der Waals surface area contributed by atoms with Crippen LogP contribution in [0.3, 0.4) is 0 Å². The molecule has 0 spiro atoms. The number of benzene rings is 14. The molecule has 0 fully saturated rings. The Morgan fingerprint density at radius 2 is 0.562 bits per heavy atom.